The van der Waals surface area contributed by atoms with Gasteiger partial charge >= 0.3 is 0 Å². The smallest absolute Gasteiger partial charge is 0.251 e. The highest BCUT2D eigenvalue weighted by Gasteiger charge is 2.71. The van der Waals surface area contributed by atoms with E-state index >= 15 is 0 Å². The van der Waals surface area contributed by atoms with Crippen molar-refractivity contribution in [2.75, 3.05) is 6.54 Å². The number of nitrogens with two attached hydrogens (primary N) is 1. The molecule has 55 heavy (non-hydrogen) atoms. The average Bonchev–Trinajstić information content (AvgIpc) is 3.54. The lowest BCUT2D eigenvalue weighted by Crippen LogP contribution is -2.67. The molecule has 0 aromatic heterocycles. The molecule has 300 valence electrons. The largest absolute Gasteiger partial charge is 0.393 e. The van der Waals surface area contributed by atoms with Crippen molar-refractivity contribution in [3.05, 3.63) is 77.4 Å². The second-order valence-electron chi connectivity index (χ2n) is 19.8. The van der Waals surface area contributed by atoms with Gasteiger partial charge in [-0.3, -0.25) is 9.59 Å². The van der Waals surface area contributed by atoms with Crippen molar-refractivity contribution in [2.24, 2.45) is 61.8 Å². The normalized spacial score (nSPS) is 37.7. The lowest BCUT2D eigenvalue weighted by atomic mass is 9.32. The molecule has 0 aliphatic heterocycles. The minimum absolute atomic E-state index is 0.0597. The summed E-state index contributed by atoms with van der Waals surface area (Å²) in [5.74, 6) is 2.18. The number of amides is 2. The van der Waals surface area contributed by atoms with Gasteiger partial charge in [0, 0.05) is 18.7 Å². The van der Waals surface area contributed by atoms with E-state index in [2.05, 4.69) is 58.8 Å². The van der Waals surface area contributed by atoms with Gasteiger partial charge in [-0.1, -0.05) is 71.0 Å². The summed E-state index contributed by atoms with van der Waals surface area (Å²) in [5.41, 5.74) is 3.58. The molecule has 2 aromatic rings. The molecule has 2 amide bonds. The minimum atomic E-state index is -3.75. The monoisotopic (exact) mass is 771 g/mol. The third kappa shape index (κ3) is 6.52. The summed E-state index contributed by atoms with van der Waals surface area (Å²) in [6, 6.07) is 13.8. The first-order chi connectivity index (χ1) is 25.8. The number of hydrogen-bond acceptors (Lipinski definition) is 5. The second kappa shape index (κ2) is 14.1. The summed E-state index contributed by atoms with van der Waals surface area (Å²) in [4.78, 5) is 27.9. The zero-order chi connectivity index (χ0) is 39.8. The van der Waals surface area contributed by atoms with Gasteiger partial charge in [0.1, 0.15) is 0 Å². The van der Waals surface area contributed by atoms with Crippen LogP contribution in [0.2, 0.25) is 0 Å². The van der Waals surface area contributed by atoms with Crippen LogP contribution in [0.1, 0.15) is 127 Å². The standard InChI is InChI=1S/C46H65N3O5S/c1-29(2)34-17-23-46(41(52)49-28-31-9-8-10-32(27-31)40(51)48-26-20-30-11-13-33(14-12-30)55(47,53)54)25-24-44(6)35(39(34)46)15-16-37-43(5)21-19-38(50)42(3,4)36(43)18-22-45(37,44)7/h8-14,27,34-39,50H,1,15-26,28H2,2-7H3,(H,48,51)(H,49,52)(H2,47,53,54)/t34-,35?,36?,37?,38-,39?,43-,44+,45+,46-/m0/s1. The molecule has 8 nitrogen and oxygen atoms in total. The Labute approximate surface area is 329 Å². The Balaban J connectivity index is 1.04. The Hall–Kier alpha value is -3.01. The molecular formula is C46H65N3O5S. The molecule has 2 aromatic carbocycles. The van der Waals surface area contributed by atoms with Gasteiger partial charge in [0.25, 0.3) is 5.91 Å². The molecule has 0 saturated heterocycles. The van der Waals surface area contributed by atoms with Gasteiger partial charge in [0.15, 0.2) is 0 Å². The molecule has 10 atom stereocenters. The van der Waals surface area contributed by atoms with Crippen LogP contribution in [-0.4, -0.2) is 38.0 Å². The van der Waals surface area contributed by atoms with E-state index in [1.165, 1.54) is 37.0 Å². The molecule has 0 bridgehead atoms. The second-order valence-corrected chi connectivity index (χ2v) is 21.4. The number of fused-ring (bicyclic) bond motifs is 7. The highest BCUT2D eigenvalue weighted by molar-refractivity contribution is 7.89. The van der Waals surface area contributed by atoms with Gasteiger partial charge in [-0.15, -0.1) is 0 Å². The number of nitrogens with one attached hydrogen (secondary N) is 2. The van der Waals surface area contributed by atoms with Gasteiger partial charge in [0.2, 0.25) is 15.9 Å². The summed E-state index contributed by atoms with van der Waals surface area (Å²) in [5, 5.41) is 22.7. The van der Waals surface area contributed by atoms with Crippen LogP contribution in [0.15, 0.2) is 65.6 Å². The minimum Gasteiger partial charge on any atom is -0.393 e. The lowest BCUT2D eigenvalue weighted by molar-refractivity contribution is -0.246. The molecule has 5 N–H and O–H groups in total. The quantitative estimate of drug-likeness (QED) is 0.192. The van der Waals surface area contributed by atoms with Gasteiger partial charge in [-0.2, -0.15) is 0 Å². The van der Waals surface area contributed by atoms with E-state index in [1.54, 1.807) is 18.2 Å². The SMILES string of the molecule is C=C(C)[C@@H]1CC[C@]2(C(=O)NCc3cccc(C(=O)NCCc4ccc(S(N)(=O)=O)cc4)c3)CC[C@]3(C)C(CCC4[C@@]5(C)CC[C@H](O)C(C)(C)C5CC[C@]43C)C12. The number of aliphatic hydroxyl groups excluding tert-OH is 1. The van der Waals surface area contributed by atoms with Gasteiger partial charge in [0.05, 0.1) is 16.4 Å². The molecular weight excluding hydrogens is 707 g/mol. The van der Waals surface area contributed by atoms with E-state index in [1.807, 2.05) is 18.2 Å². The molecule has 9 heteroatoms. The van der Waals surface area contributed by atoms with Crippen molar-refractivity contribution in [1.82, 2.24) is 10.6 Å². The van der Waals surface area contributed by atoms with Crippen molar-refractivity contribution in [2.45, 2.75) is 130 Å². The van der Waals surface area contributed by atoms with Crippen LogP contribution in [0.25, 0.3) is 0 Å². The Kier molecular flexibility index (Phi) is 10.3. The molecule has 5 fully saturated rings. The number of allylic oxidation sites excluding steroid dienone is 1. The average molecular weight is 772 g/mol. The van der Waals surface area contributed by atoms with E-state index in [0.717, 1.165) is 56.1 Å². The summed E-state index contributed by atoms with van der Waals surface area (Å²) in [7, 11) is -3.75. The summed E-state index contributed by atoms with van der Waals surface area (Å²) in [6.45, 7) is 19.9. The van der Waals surface area contributed by atoms with Gasteiger partial charge < -0.3 is 15.7 Å². The summed E-state index contributed by atoms with van der Waals surface area (Å²) < 4.78 is 23.1. The van der Waals surface area contributed by atoms with Crippen molar-refractivity contribution in [3.8, 4) is 0 Å². The molecule has 5 aliphatic rings. The molecule has 0 heterocycles. The maximum absolute atomic E-state index is 14.7. The number of hydrogen-bond donors (Lipinski definition) is 4. The van der Waals surface area contributed by atoms with Crippen molar-refractivity contribution >= 4 is 21.8 Å². The van der Waals surface area contributed by atoms with Crippen LogP contribution in [0.3, 0.4) is 0 Å². The number of carbonyl (C=O) groups is 2. The van der Waals surface area contributed by atoms with Crippen LogP contribution in [0.5, 0.6) is 0 Å². The van der Waals surface area contributed by atoms with Crippen molar-refractivity contribution in [1.29, 1.82) is 0 Å². The zero-order valence-corrected chi connectivity index (χ0v) is 34.9. The van der Waals surface area contributed by atoms with Crippen LogP contribution in [0.4, 0.5) is 0 Å². The highest BCUT2D eigenvalue weighted by Crippen LogP contribution is 2.77. The third-order valence-corrected chi connectivity index (χ3v) is 18.0. The topological polar surface area (TPSA) is 139 Å². The first kappa shape index (κ1) is 40.2. The molecule has 4 unspecified atom stereocenters. The molecule has 7 rings (SSSR count). The number of aliphatic hydroxyl groups is 1. The fourth-order valence-electron chi connectivity index (χ4n) is 14.0. The van der Waals surface area contributed by atoms with E-state index in [4.69, 9.17) is 5.14 Å². The summed E-state index contributed by atoms with van der Waals surface area (Å²) in [6.07, 6.45) is 10.9. The molecule has 0 radical (unpaired) electrons. The maximum atomic E-state index is 14.7. The molecule has 0 spiro atoms. The fraction of sp³-hybridized carbons (Fsp3) is 0.652. The van der Waals surface area contributed by atoms with E-state index in [-0.39, 0.29) is 50.4 Å². The van der Waals surface area contributed by atoms with E-state index in [0.29, 0.717) is 48.7 Å². The van der Waals surface area contributed by atoms with Crippen molar-refractivity contribution < 1.29 is 23.1 Å². The molecule has 5 saturated carbocycles. The number of primary sulfonamides is 1. The Morgan fingerprint density at radius 1 is 0.836 bits per heavy atom. The lowest BCUT2D eigenvalue weighted by Gasteiger charge is -2.72. The van der Waals surface area contributed by atoms with Gasteiger partial charge in [-0.05, 0) is 164 Å². The fourth-order valence-corrected chi connectivity index (χ4v) is 14.5. The van der Waals surface area contributed by atoms with E-state index in [9.17, 15) is 23.1 Å². The highest BCUT2D eigenvalue weighted by atomic mass is 32.2. The number of rotatable bonds is 9. The maximum Gasteiger partial charge on any atom is 0.251 e. The first-order valence-corrected chi connectivity index (χ1v) is 22.4. The summed E-state index contributed by atoms with van der Waals surface area (Å²) >= 11 is 0. The number of carbonyl (C=O) groups excluding carboxylic acids is 2. The predicted molar refractivity (Wildman–Crippen MR) is 217 cm³/mol. The third-order valence-electron chi connectivity index (χ3n) is 17.1. The molecule has 5 aliphatic carbocycles. The van der Waals surface area contributed by atoms with Crippen molar-refractivity contribution in [3.63, 3.8) is 0 Å². The number of sulfonamides is 1. The van der Waals surface area contributed by atoms with Crippen LogP contribution in [-0.2, 0) is 27.8 Å². The van der Waals surface area contributed by atoms with Crippen LogP contribution >= 0.6 is 0 Å². The Bertz CT molecular complexity index is 1940. The predicted octanol–water partition coefficient (Wildman–Crippen LogP) is 7.94. The van der Waals surface area contributed by atoms with Crippen LogP contribution in [0, 0.1) is 56.7 Å². The van der Waals surface area contributed by atoms with Gasteiger partial charge in [-0.25, -0.2) is 13.6 Å². The van der Waals surface area contributed by atoms with E-state index < -0.39 is 15.4 Å². The zero-order valence-electron chi connectivity index (χ0n) is 34.0. The van der Waals surface area contributed by atoms with Crippen LogP contribution < -0.4 is 15.8 Å². The number of benzene rings is 2. The first-order valence-electron chi connectivity index (χ1n) is 20.9. The Morgan fingerprint density at radius 2 is 1.56 bits per heavy atom. The Morgan fingerprint density at radius 3 is 2.25 bits per heavy atom.